The highest BCUT2D eigenvalue weighted by molar-refractivity contribution is 7.08. The summed E-state index contributed by atoms with van der Waals surface area (Å²) < 4.78 is 4.87. The minimum Gasteiger partial charge on any atom is -0.431 e. The van der Waals surface area contributed by atoms with Crippen molar-refractivity contribution in [1.29, 1.82) is 0 Å². The Morgan fingerprint density at radius 2 is 2.31 bits per heavy atom. The summed E-state index contributed by atoms with van der Waals surface area (Å²) in [5, 5.41) is 3.64. The molecule has 1 saturated heterocycles. The van der Waals surface area contributed by atoms with Gasteiger partial charge in [-0.05, 0) is 16.8 Å². The Morgan fingerprint density at radius 1 is 1.54 bits per heavy atom. The Labute approximate surface area is 78.7 Å². The maximum Gasteiger partial charge on any atom is 0.417 e. The summed E-state index contributed by atoms with van der Waals surface area (Å²) in [7, 11) is 1.41. The molecule has 1 aromatic heterocycles. The van der Waals surface area contributed by atoms with Gasteiger partial charge in [0.05, 0.1) is 0 Å². The molecule has 0 N–H and O–H groups in total. The number of rotatable bonds is 1. The topological polar surface area (TPSA) is 46.6 Å². The zero-order chi connectivity index (χ0) is 9.42. The first kappa shape index (κ1) is 8.25. The number of imide groups is 1. The molecule has 1 atom stereocenters. The van der Waals surface area contributed by atoms with Crippen molar-refractivity contribution in [2.75, 3.05) is 7.05 Å². The highest BCUT2D eigenvalue weighted by Crippen LogP contribution is 2.27. The molecule has 0 aromatic carbocycles. The van der Waals surface area contributed by atoms with E-state index in [-0.39, 0.29) is 5.91 Å². The summed E-state index contributed by atoms with van der Waals surface area (Å²) in [5.41, 5.74) is 0.743. The smallest absolute Gasteiger partial charge is 0.417 e. The van der Waals surface area contributed by atoms with Crippen molar-refractivity contribution >= 4 is 23.3 Å². The zero-order valence-electron chi connectivity index (χ0n) is 6.89. The average Bonchev–Trinajstić information content (AvgIpc) is 2.70. The maximum atomic E-state index is 11.4. The fourth-order valence-electron chi connectivity index (χ4n) is 1.13. The normalized spacial score (nSPS) is 22.2. The second-order valence-electron chi connectivity index (χ2n) is 2.72. The molecule has 2 amide bonds. The Hall–Kier alpha value is -1.36. The van der Waals surface area contributed by atoms with Gasteiger partial charge in [0, 0.05) is 12.6 Å². The lowest BCUT2D eigenvalue weighted by atomic mass is 10.2. The van der Waals surface area contributed by atoms with Crippen LogP contribution in [0, 0.1) is 0 Å². The third kappa shape index (κ3) is 1.21. The number of thiophene rings is 1. The molecule has 5 heteroatoms. The molecule has 2 heterocycles. The van der Waals surface area contributed by atoms with E-state index in [0.29, 0.717) is 0 Å². The third-order valence-electron chi connectivity index (χ3n) is 1.89. The van der Waals surface area contributed by atoms with Gasteiger partial charge in [0.2, 0.25) is 6.10 Å². The quantitative estimate of drug-likeness (QED) is 0.683. The fourth-order valence-corrected chi connectivity index (χ4v) is 1.80. The molecule has 1 aliphatic heterocycles. The first-order valence-corrected chi connectivity index (χ1v) is 4.64. The van der Waals surface area contributed by atoms with Crippen molar-refractivity contribution in [3.63, 3.8) is 0 Å². The minimum atomic E-state index is -0.733. The molecule has 0 radical (unpaired) electrons. The molecule has 1 unspecified atom stereocenters. The number of cyclic esters (lactones) is 1. The second kappa shape index (κ2) is 2.85. The van der Waals surface area contributed by atoms with Crippen molar-refractivity contribution in [3.8, 4) is 0 Å². The standard InChI is InChI=1S/C8H7NO3S/c1-9-7(10)6(12-8(9)11)5-2-3-13-4-5/h2-4,6H,1H3. The van der Waals surface area contributed by atoms with Crippen molar-refractivity contribution in [2.45, 2.75) is 6.10 Å². The van der Waals surface area contributed by atoms with Gasteiger partial charge >= 0.3 is 6.09 Å². The van der Waals surface area contributed by atoms with Gasteiger partial charge in [0.1, 0.15) is 0 Å². The Kier molecular flexibility index (Phi) is 1.81. The van der Waals surface area contributed by atoms with Gasteiger partial charge in [-0.3, -0.25) is 4.79 Å². The average molecular weight is 197 g/mol. The van der Waals surface area contributed by atoms with Gasteiger partial charge in [-0.2, -0.15) is 11.3 Å². The van der Waals surface area contributed by atoms with Gasteiger partial charge < -0.3 is 4.74 Å². The van der Waals surface area contributed by atoms with Crippen LogP contribution in [0.25, 0.3) is 0 Å². The molecule has 0 aliphatic carbocycles. The number of likely N-dealkylation sites (N-methyl/N-ethyl adjacent to an activating group) is 1. The predicted molar refractivity (Wildman–Crippen MR) is 46.3 cm³/mol. The van der Waals surface area contributed by atoms with Crippen molar-refractivity contribution < 1.29 is 14.3 Å². The number of carbonyl (C=O) groups excluding carboxylic acids is 2. The van der Waals surface area contributed by atoms with Crippen molar-refractivity contribution in [2.24, 2.45) is 0 Å². The van der Waals surface area contributed by atoms with E-state index in [1.807, 2.05) is 5.38 Å². The van der Waals surface area contributed by atoms with E-state index in [4.69, 9.17) is 4.74 Å². The SMILES string of the molecule is CN1C(=O)OC(c2ccsc2)C1=O. The molecule has 68 valence electrons. The maximum absolute atomic E-state index is 11.4. The highest BCUT2D eigenvalue weighted by Gasteiger charge is 2.39. The molecular weight excluding hydrogens is 190 g/mol. The Morgan fingerprint density at radius 3 is 2.77 bits per heavy atom. The van der Waals surface area contributed by atoms with Gasteiger partial charge in [-0.25, -0.2) is 9.69 Å². The lowest BCUT2D eigenvalue weighted by molar-refractivity contribution is -0.129. The summed E-state index contributed by atoms with van der Waals surface area (Å²) in [6, 6.07) is 1.78. The molecule has 1 fully saturated rings. The van der Waals surface area contributed by atoms with Crippen molar-refractivity contribution in [3.05, 3.63) is 22.4 Å². The van der Waals surface area contributed by atoms with Crippen LogP contribution >= 0.6 is 11.3 Å². The summed E-state index contributed by atoms with van der Waals surface area (Å²) in [6.45, 7) is 0. The molecule has 0 bridgehead atoms. The lowest BCUT2D eigenvalue weighted by Gasteiger charge is -2.02. The molecule has 1 aromatic rings. The van der Waals surface area contributed by atoms with E-state index in [0.717, 1.165) is 10.5 Å². The molecule has 13 heavy (non-hydrogen) atoms. The number of hydrogen-bond acceptors (Lipinski definition) is 4. The van der Waals surface area contributed by atoms with Crippen LogP contribution in [0.1, 0.15) is 11.7 Å². The van der Waals surface area contributed by atoms with Gasteiger partial charge in [-0.1, -0.05) is 0 Å². The van der Waals surface area contributed by atoms with E-state index in [2.05, 4.69) is 0 Å². The second-order valence-corrected chi connectivity index (χ2v) is 3.50. The largest absolute Gasteiger partial charge is 0.431 e. The van der Waals surface area contributed by atoms with Gasteiger partial charge in [0.15, 0.2) is 0 Å². The molecule has 0 spiro atoms. The number of nitrogens with zero attached hydrogens (tertiary/aromatic N) is 1. The number of amides is 2. The van der Waals surface area contributed by atoms with Crippen LogP contribution in [0.2, 0.25) is 0 Å². The van der Waals surface area contributed by atoms with Crippen LogP contribution in [0.3, 0.4) is 0 Å². The number of hydrogen-bond donors (Lipinski definition) is 0. The zero-order valence-corrected chi connectivity index (χ0v) is 7.71. The van der Waals surface area contributed by atoms with Crippen molar-refractivity contribution in [1.82, 2.24) is 4.90 Å². The summed E-state index contributed by atoms with van der Waals surface area (Å²) in [5.74, 6) is -0.302. The van der Waals surface area contributed by atoms with Crippen LogP contribution in [-0.2, 0) is 9.53 Å². The van der Waals surface area contributed by atoms with E-state index < -0.39 is 12.2 Å². The summed E-state index contributed by atoms with van der Waals surface area (Å²) >= 11 is 1.47. The molecule has 2 rings (SSSR count). The van der Waals surface area contributed by atoms with Crippen LogP contribution in [0.15, 0.2) is 16.8 Å². The molecule has 1 aliphatic rings. The first-order chi connectivity index (χ1) is 6.20. The van der Waals surface area contributed by atoms with E-state index >= 15 is 0 Å². The molecular formula is C8H7NO3S. The number of ether oxygens (including phenoxy) is 1. The minimum absolute atomic E-state index is 0.302. The first-order valence-electron chi connectivity index (χ1n) is 3.70. The molecule has 4 nitrogen and oxygen atoms in total. The summed E-state index contributed by atoms with van der Waals surface area (Å²) in [4.78, 5) is 23.4. The third-order valence-corrected chi connectivity index (χ3v) is 2.59. The monoisotopic (exact) mass is 197 g/mol. The van der Waals surface area contributed by atoms with Gasteiger partial charge in [-0.15, -0.1) is 0 Å². The van der Waals surface area contributed by atoms with Crippen LogP contribution in [-0.4, -0.2) is 23.9 Å². The lowest BCUT2D eigenvalue weighted by Crippen LogP contribution is -2.24. The van der Waals surface area contributed by atoms with E-state index in [1.165, 1.54) is 18.4 Å². The molecule has 0 saturated carbocycles. The number of carbonyl (C=O) groups is 2. The van der Waals surface area contributed by atoms with Crippen LogP contribution in [0.5, 0.6) is 0 Å². The summed E-state index contributed by atoms with van der Waals surface area (Å²) in [6.07, 6.45) is -1.31. The van der Waals surface area contributed by atoms with E-state index in [9.17, 15) is 9.59 Å². The Bertz CT molecular complexity index is 346. The Balaban J connectivity index is 2.29. The van der Waals surface area contributed by atoms with Gasteiger partial charge in [0.25, 0.3) is 5.91 Å². The fraction of sp³-hybridized carbons (Fsp3) is 0.250. The van der Waals surface area contributed by atoms with Crippen LogP contribution in [0.4, 0.5) is 4.79 Å². The van der Waals surface area contributed by atoms with Crippen LogP contribution < -0.4 is 0 Å². The van der Waals surface area contributed by atoms with E-state index in [1.54, 1.807) is 11.4 Å². The predicted octanol–water partition coefficient (Wildman–Crippen LogP) is 1.40. The highest BCUT2D eigenvalue weighted by atomic mass is 32.1.